The first-order valence-corrected chi connectivity index (χ1v) is 10.4. The number of aromatic nitrogens is 2. The van der Waals surface area contributed by atoms with Crippen LogP contribution in [0.3, 0.4) is 0 Å². The Labute approximate surface area is 163 Å². The molecule has 2 aromatic heterocycles. The van der Waals surface area contributed by atoms with E-state index in [9.17, 15) is 4.79 Å². The molecule has 1 aliphatic rings. The summed E-state index contributed by atoms with van der Waals surface area (Å²) in [5, 5.41) is 7.96. The molecule has 0 aliphatic carbocycles. The number of rotatable bonds is 6. The second-order valence-corrected chi connectivity index (χ2v) is 7.82. The molecule has 1 aromatic carbocycles. The fraction of sp³-hybridized carbons (Fsp3) is 0.381. The monoisotopic (exact) mass is 381 g/mol. The minimum atomic E-state index is 0.184. The molecule has 1 amide bonds. The number of amides is 1. The van der Waals surface area contributed by atoms with Crippen molar-refractivity contribution in [2.45, 2.75) is 32.1 Å². The average Bonchev–Trinajstić information content (AvgIpc) is 3.39. The normalized spacial score (nSPS) is 15.2. The minimum absolute atomic E-state index is 0.184. The Bertz CT molecular complexity index is 853. The van der Waals surface area contributed by atoms with Crippen LogP contribution >= 0.6 is 11.3 Å². The molecule has 27 heavy (non-hydrogen) atoms. The molecule has 0 spiro atoms. The van der Waals surface area contributed by atoms with Gasteiger partial charge in [-0.2, -0.15) is 16.3 Å². The maximum atomic E-state index is 12.5. The number of thiophene rings is 1. The highest BCUT2D eigenvalue weighted by molar-refractivity contribution is 7.08. The number of piperidine rings is 1. The van der Waals surface area contributed by atoms with Gasteiger partial charge in [0.05, 0.1) is 0 Å². The third-order valence-electron chi connectivity index (χ3n) is 5.13. The molecule has 0 radical (unpaired) electrons. The summed E-state index contributed by atoms with van der Waals surface area (Å²) in [6.45, 7) is 1.70. The van der Waals surface area contributed by atoms with Gasteiger partial charge >= 0.3 is 0 Å². The van der Waals surface area contributed by atoms with Gasteiger partial charge in [-0.05, 0) is 42.2 Å². The van der Waals surface area contributed by atoms with Gasteiger partial charge in [-0.1, -0.05) is 35.5 Å². The Balaban J connectivity index is 1.23. The molecule has 1 fully saturated rings. The van der Waals surface area contributed by atoms with Crippen molar-refractivity contribution in [2.75, 3.05) is 13.1 Å². The van der Waals surface area contributed by atoms with Crippen LogP contribution in [0.5, 0.6) is 0 Å². The van der Waals surface area contributed by atoms with Gasteiger partial charge in [0, 0.05) is 36.9 Å². The van der Waals surface area contributed by atoms with E-state index in [-0.39, 0.29) is 5.91 Å². The lowest BCUT2D eigenvalue weighted by atomic mass is 9.90. The molecule has 6 heteroatoms. The molecule has 140 valence electrons. The number of benzene rings is 1. The summed E-state index contributed by atoms with van der Waals surface area (Å²) in [6.07, 6.45) is 4.18. The van der Waals surface area contributed by atoms with E-state index in [1.165, 1.54) is 5.56 Å². The molecule has 0 N–H and O–H groups in total. The molecule has 0 saturated carbocycles. The quantitative estimate of drug-likeness (QED) is 0.642. The van der Waals surface area contributed by atoms with Crippen molar-refractivity contribution in [2.24, 2.45) is 5.92 Å². The van der Waals surface area contributed by atoms with Gasteiger partial charge in [0.15, 0.2) is 0 Å². The molecule has 3 heterocycles. The maximum absolute atomic E-state index is 12.5. The predicted molar refractivity (Wildman–Crippen MR) is 105 cm³/mol. The van der Waals surface area contributed by atoms with E-state index in [2.05, 4.69) is 40.5 Å². The number of hydrogen-bond acceptors (Lipinski definition) is 5. The fourth-order valence-electron chi connectivity index (χ4n) is 3.57. The molecular formula is C21H23N3O2S. The molecule has 0 atom stereocenters. The van der Waals surface area contributed by atoms with E-state index >= 15 is 0 Å². The number of carbonyl (C=O) groups excluding carboxylic acids is 1. The van der Waals surface area contributed by atoms with Crippen LogP contribution in [0.15, 0.2) is 51.7 Å². The smallest absolute Gasteiger partial charge is 0.227 e. The molecule has 4 rings (SSSR count). The third kappa shape index (κ3) is 4.63. The van der Waals surface area contributed by atoms with Crippen LogP contribution in [0, 0.1) is 5.92 Å². The van der Waals surface area contributed by atoms with Crippen LogP contribution < -0.4 is 0 Å². The van der Waals surface area contributed by atoms with Gasteiger partial charge < -0.3 is 9.42 Å². The number of aryl methyl sites for hydroxylation is 1. The molecular weight excluding hydrogens is 358 g/mol. The fourth-order valence-corrected chi connectivity index (χ4v) is 4.21. The highest BCUT2D eigenvalue weighted by atomic mass is 32.1. The second-order valence-electron chi connectivity index (χ2n) is 7.04. The molecule has 0 bridgehead atoms. The first-order valence-electron chi connectivity index (χ1n) is 9.45. The molecule has 0 unspecified atom stereocenters. The second kappa shape index (κ2) is 8.48. The van der Waals surface area contributed by atoms with Crippen molar-refractivity contribution in [3.05, 3.63) is 58.6 Å². The van der Waals surface area contributed by atoms with E-state index < -0.39 is 0 Å². The lowest BCUT2D eigenvalue weighted by Crippen LogP contribution is -2.39. The van der Waals surface area contributed by atoms with Crippen LogP contribution in [0.1, 0.15) is 30.7 Å². The number of carbonyl (C=O) groups is 1. The SMILES string of the molecule is O=C(CCc1nc(-c2ccsc2)no1)N1CCC(Cc2ccccc2)CC1. The van der Waals surface area contributed by atoms with Crippen molar-refractivity contribution in [1.29, 1.82) is 0 Å². The van der Waals surface area contributed by atoms with E-state index in [4.69, 9.17) is 4.52 Å². The summed E-state index contributed by atoms with van der Waals surface area (Å²) in [6, 6.07) is 12.6. The lowest BCUT2D eigenvalue weighted by Gasteiger charge is -2.32. The standard InChI is InChI=1S/C21H23N3O2S/c25-20(7-6-19-22-21(23-26-19)18-10-13-27-15-18)24-11-8-17(9-12-24)14-16-4-2-1-3-5-16/h1-5,10,13,15,17H,6-9,11-12,14H2. The maximum Gasteiger partial charge on any atom is 0.227 e. The minimum Gasteiger partial charge on any atom is -0.343 e. The first kappa shape index (κ1) is 17.9. The van der Waals surface area contributed by atoms with Crippen LogP contribution in [0.4, 0.5) is 0 Å². The third-order valence-corrected chi connectivity index (χ3v) is 5.82. The Hall–Kier alpha value is -2.47. The predicted octanol–water partition coefficient (Wildman–Crippen LogP) is 4.21. The van der Waals surface area contributed by atoms with E-state index in [0.717, 1.165) is 37.9 Å². The van der Waals surface area contributed by atoms with Gasteiger partial charge in [0.2, 0.25) is 17.6 Å². The summed E-state index contributed by atoms with van der Waals surface area (Å²) < 4.78 is 5.28. The first-order chi connectivity index (χ1) is 13.3. The zero-order chi connectivity index (χ0) is 18.5. The number of hydrogen-bond donors (Lipinski definition) is 0. The highest BCUT2D eigenvalue weighted by Crippen LogP contribution is 2.23. The summed E-state index contributed by atoms with van der Waals surface area (Å²) in [5.74, 6) is 1.98. The summed E-state index contributed by atoms with van der Waals surface area (Å²) >= 11 is 1.60. The molecule has 1 aliphatic heterocycles. The van der Waals surface area contributed by atoms with Crippen LogP contribution in [0.25, 0.3) is 11.4 Å². The van der Waals surface area contributed by atoms with Crippen molar-refractivity contribution in [3.8, 4) is 11.4 Å². The van der Waals surface area contributed by atoms with Gasteiger partial charge in [0.25, 0.3) is 0 Å². The van der Waals surface area contributed by atoms with Gasteiger partial charge in [-0.25, -0.2) is 0 Å². The van der Waals surface area contributed by atoms with Gasteiger partial charge in [-0.3, -0.25) is 4.79 Å². The van der Waals surface area contributed by atoms with Gasteiger partial charge in [0.1, 0.15) is 0 Å². The number of likely N-dealkylation sites (tertiary alicyclic amines) is 1. The van der Waals surface area contributed by atoms with E-state index in [1.54, 1.807) is 11.3 Å². The van der Waals surface area contributed by atoms with Gasteiger partial charge in [-0.15, -0.1) is 0 Å². The lowest BCUT2D eigenvalue weighted by molar-refractivity contribution is -0.132. The summed E-state index contributed by atoms with van der Waals surface area (Å²) in [7, 11) is 0. The summed E-state index contributed by atoms with van der Waals surface area (Å²) in [4.78, 5) is 18.9. The number of nitrogens with zero attached hydrogens (tertiary/aromatic N) is 3. The largest absolute Gasteiger partial charge is 0.343 e. The van der Waals surface area contributed by atoms with Crippen LogP contribution in [-0.4, -0.2) is 34.0 Å². The Morgan fingerprint density at radius 3 is 2.74 bits per heavy atom. The van der Waals surface area contributed by atoms with E-state index in [0.29, 0.717) is 30.5 Å². The Morgan fingerprint density at radius 2 is 2.00 bits per heavy atom. The van der Waals surface area contributed by atoms with Crippen molar-refractivity contribution >= 4 is 17.2 Å². The van der Waals surface area contributed by atoms with Crippen molar-refractivity contribution in [3.63, 3.8) is 0 Å². The summed E-state index contributed by atoms with van der Waals surface area (Å²) in [5.41, 5.74) is 2.35. The van der Waals surface area contributed by atoms with E-state index in [1.807, 2.05) is 21.7 Å². The zero-order valence-corrected chi connectivity index (χ0v) is 16.0. The molecule has 5 nitrogen and oxygen atoms in total. The molecule has 3 aromatic rings. The Morgan fingerprint density at radius 1 is 1.19 bits per heavy atom. The van der Waals surface area contributed by atoms with Crippen LogP contribution in [-0.2, 0) is 17.6 Å². The highest BCUT2D eigenvalue weighted by Gasteiger charge is 2.23. The van der Waals surface area contributed by atoms with Crippen molar-refractivity contribution < 1.29 is 9.32 Å². The zero-order valence-electron chi connectivity index (χ0n) is 15.2. The van der Waals surface area contributed by atoms with Crippen LogP contribution in [0.2, 0.25) is 0 Å². The molecule has 1 saturated heterocycles. The topological polar surface area (TPSA) is 59.2 Å². The van der Waals surface area contributed by atoms with Crippen molar-refractivity contribution in [1.82, 2.24) is 15.0 Å². The average molecular weight is 382 g/mol. The Kier molecular flexibility index (Phi) is 5.63.